The Morgan fingerprint density at radius 2 is 2.47 bits per heavy atom. The topological polar surface area (TPSA) is 56.2 Å². The number of aromatic nitrogens is 2. The van der Waals surface area contributed by atoms with Gasteiger partial charge in [-0.25, -0.2) is 0 Å². The molecular weight excluding hydrogens is 194 g/mol. The number of aryl methyl sites for hydroxylation is 1. The van der Waals surface area contributed by atoms with Gasteiger partial charge < -0.3 is 10.1 Å². The van der Waals surface area contributed by atoms with Gasteiger partial charge in [-0.1, -0.05) is 0 Å². The highest BCUT2D eigenvalue weighted by atomic mass is 16.5. The number of likely N-dealkylation sites (N-methyl/N-ethyl adjacent to an activating group) is 1. The molecule has 84 valence electrons. The SMILES string of the molecule is CCOC(=O)C(Cn1ccc(C)n1)NC. The molecule has 0 radical (unpaired) electrons. The Balaban J connectivity index is 2.57. The Labute approximate surface area is 89.4 Å². The summed E-state index contributed by atoms with van der Waals surface area (Å²) in [6.07, 6.45) is 1.85. The van der Waals surface area contributed by atoms with E-state index in [2.05, 4.69) is 10.4 Å². The van der Waals surface area contributed by atoms with Crippen molar-refractivity contribution in [3.63, 3.8) is 0 Å². The van der Waals surface area contributed by atoms with Crippen LogP contribution in [0.2, 0.25) is 0 Å². The van der Waals surface area contributed by atoms with E-state index in [4.69, 9.17) is 4.74 Å². The molecule has 0 aliphatic carbocycles. The summed E-state index contributed by atoms with van der Waals surface area (Å²) in [6, 6.07) is 1.56. The summed E-state index contributed by atoms with van der Waals surface area (Å²) in [7, 11) is 1.73. The van der Waals surface area contributed by atoms with Crippen LogP contribution in [0, 0.1) is 6.92 Å². The number of hydrogen-bond donors (Lipinski definition) is 1. The van der Waals surface area contributed by atoms with Crippen LogP contribution < -0.4 is 5.32 Å². The maximum atomic E-state index is 11.5. The standard InChI is InChI=1S/C10H17N3O2/c1-4-15-10(14)9(11-3)7-13-6-5-8(2)12-13/h5-6,9,11H,4,7H2,1-3H3. The van der Waals surface area contributed by atoms with Crippen LogP contribution >= 0.6 is 0 Å². The van der Waals surface area contributed by atoms with Gasteiger partial charge in [0.1, 0.15) is 6.04 Å². The lowest BCUT2D eigenvalue weighted by Gasteiger charge is -2.14. The summed E-state index contributed by atoms with van der Waals surface area (Å²) >= 11 is 0. The molecule has 1 unspecified atom stereocenters. The molecule has 0 saturated carbocycles. The summed E-state index contributed by atoms with van der Waals surface area (Å²) in [5.74, 6) is -0.242. The second-order valence-electron chi connectivity index (χ2n) is 3.27. The van der Waals surface area contributed by atoms with Gasteiger partial charge in [-0.15, -0.1) is 0 Å². The number of ether oxygens (including phenoxy) is 1. The number of carbonyl (C=O) groups is 1. The smallest absolute Gasteiger partial charge is 0.325 e. The summed E-state index contributed by atoms with van der Waals surface area (Å²) in [5, 5.41) is 7.12. The van der Waals surface area contributed by atoms with Crippen molar-refractivity contribution in [2.75, 3.05) is 13.7 Å². The van der Waals surface area contributed by atoms with Crippen molar-refractivity contribution < 1.29 is 9.53 Å². The molecule has 0 saturated heterocycles. The van der Waals surface area contributed by atoms with E-state index >= 15 is 0 Å². The fourth-order valence-corrected chi connectivity index (χ4v) is 1.28. The lowest BCUT2D eigenvalue weighted by atomic mass is 10.3. The number of rotatable bonds is 5. The van der Waals surface area contributed by atoms with E-state index in [1.807, 2.05) is 19.2 Å². The van der Waals surface area contributed by atoms with E-state index in [1.54, 1.807) is 18.7 Å². The van der Waals surface area contributed by atoms with Crippen LogP contribution in [-0.2, 0) is 16.1 Å². The number of nitrogens with one attached hydrogen (secondary N) is 1. The first-order chi connectivity index (χ1) is 7.17. The zero-order valence-electron chi connectivity index (χ0n) is 9.36. The molecule has 0 aliphatic heterocycles. The van der Waals surface area contributed by atoms with Crippen LogP contribution in [0.1, 0.15) is 12.6 Å². The van der Waals surface area contributed by atoms with E-state index in [0.29, 0.717) is 13.2 Å². The van der Waals surface area contributed by atoms with Gasteiger partial charge in [-0.05, 0) is 27.0 Å². The Bertz CT molecular complexity index is 322. The van der Waals surface area contributed by atoms with E-state index in [9.17, 15) is 4.79 Å². The number of carbonyl (C=O) groups excluding carboxylic acids is 1. The molecule has 1 heterocycles. The van der Waals surface area contributed by atoms with Gasteiger partial charge in [-0.2, -0.15) is 5.10 Å². The van der Waals surface area contributed by atoms with E-state index in [0.717, 1.165) is 5.69 Å². The van der Waals surface area contributed by atoms with Gasteiger partial charge in [0.25, 0.3) is 0 Å². The quantitative estimate of drug-likeness (QED) is 0.714. The van der Waals surface area contributed by atoms with Gasteiger partial charge >= 0.3 is 5.97 Å². The van der Waals surface area contributed by atoms with Crippen LogP contribution in [0.4, 0.5) is 0 Å². The maximum absolute atomic E-state index is 11.5. The molecule has 5 heteroatoms. The van der Waals surface area contributed by atoms with Gasteiger partial charge in [-0.3, -0.25) is 9.48 Å². The summed E-state index contributed by atoms with van der Waals surface area (Å²) < 4.78 is 6.66. The Kier molecular flexibility index (Phi) is 4.30. The number of hydrogen-bond acceptors (Lipinski definition) is 4. The second-order valence-corrected chi connectivity index (χ2v) is 3.27. The first-order valence-electron chi connectivity index (χ1n) is 5.01. The third-order valence-corrected chi connectivity index (χ3v) is 2.06. The molecule has 1 atom stereocenters. The lowest BCUT2D eigenvalue weighted by Crippen LogP contribution is -2.39. The average molecular weight is 211 g/mol. The molecule has 0 amide bonds. The second kappa shape index (κ2) is 5.50. The van der Waals surface area contributed by atoms with Crippen LogP contribution in [0.3, 0.4) is 0 Å². The van der Waals surface area contributed by atoms with Crippen molar-refractivity contribution in [2.24, 2.45) is 0 Å². The zero-order chi connectivity index (χ0) is 11.3. The highest BCUT2D eigenvalue weighted by molar-refractivity contribution is 5.75. The molecule has 15 heavy (non-hydrogen) atoms. The molecule has 0 fully saturated rings. The van der Waals surface area contributed by atoms with Gasteiger partial charge in [0.2, 0.25) is 0 Å². The zero-order valence-corrected chi connectivity index (χ0v) is 9.36. The van der Waals surface area contributed by atoms with E-state index in [1.165, 1.54) is 0 Å². The lowest BCUT2D eigenvalue weighted by molar-refractivity contribution is -0.145. The minimum atomic E-state index is -0.343. The molecule has 0 aliphatic rings. The van der Waals surface area contributed by atoms with Gasteiger partial charge in [0.05, 0.1) is 18.8 Å². The number of nitrogens with zero attached hydrogens (tertiary/aromatic N) is 2. The van der Waals surface area contributed by atoms with Crippen molar-refractivity contribution in [2.45, 2.75) is 26.4 Å². The molecule has 0 spiro atoms. The largest absolute Gasteiger partial charge is 0.465 e. The van der Waals surface area contributed by atoms with Crippen molar-refractivity contribution in [3.05, 3.63) is 18.0 Å². The predicted molar refractivity (Wildman–Crippen MR) is 56.4 cm³/mol. The van der Waals surface area contributed by atoms with Crippen molar-refractivity contribution in [3.8, 4) is 0 Å². The first kappa shape index (κ1) is 11.7. The third-order valence-electron chi connectivity index (χ3n) is 2.06. The van der Waals surface area contributed by atoms with Gasteiger partial charge in [0, 0.05) is 6.20 Å². The Morgan fingerprint density at radius 3 is 2.93 bits per heavy atom. The summed E-state index contributed by atoms with van der Waals surface area (Å²) in [5.41, 5.74) is 0.939. The van der Waals surface area contributed by atoms with Crippen LogP contribution in [0.15, 0.2) is 12.3 Å². The van der Waals surface area contributed by atoms with E-state index in [-0.39, 0.29) is 12.0 Å². The van der Waals surface area contributed by atoms with Gasteiger partial charge in [0.15, 0.2) is 0 Å². The molecule has 1 aromatic rings. The summed E-state index contributed by atoms with van der Waals surface area (Å²) in [4.78, 5) is 11.5. The Hall–Kier alpha value is -1.36. The molecule has 1 aromatic heterocycles. The summed E-state index contributed by atoms with van der Waals surface area (Å²) in [6.45, 7) is 4.59. The fourth-order valence-electron chi connectivity index (χ4n) is 1.28. The molecular formula is C10H17N3O2. The minimum Gasteiger partial charge on any atom is -0.465 e. The van der Waals surface area contributed by atoms with Crippen LogP contribution in [-0.4, -0.2) is 35.4 Å². The van der Waals surface area contributed by atoms with Crippen molar-refractivity contribution in [1.29, 1.82) is 0 Å². The highest BCUT2D eigenvalue weighted by Crippen LogP contribution is 1.97. The maximum Gasteiger partial charge on any atom is 0.325 e. The molecule has 0 bridgehead atoms. The molecule has 1 rings (SSSR count). The third kappa shape index (κ3) is 3.36. The molecule has 5 nitrogen and oxygen atoms in total. The fraction of sp³-hybridized carbons (Fsp3) is 0.600. The van der Waals surface area contributed by atoms with E-state index < -0.39 is 0 Å². The minimum absolute atomic E-state index is 0.242. The molecule has 0 aromatic carbocycles. The van der Waals surface area contributed by atoms with Crippen molar-refractivity contribution >= 4 is 5.97 Å². The van der Waals surface area contributed by atoms with Crippen molar-refractivity contribution in [1.82, 2.24) is 15.1 Å². The average Bonchev–Trinajstić information content (AvgIpc) is 2.61. The normalized spacial score (nSPS) is 12.5. The number of esters is 1. The monoisotopic (exact) mass is 211 g/mol. The van der Waals surface area contributed by atoms with Crippen LogP contribution in [0.25, 0.3) is 0 Å². The highest BCUT2D eigenvalue weighted by Gasteiger charge is 2.18. The van der Waals surface area contributed by atoms with Crippen LogP contribution in [0.5, 0.6) is 0 Å². The molecule has 1 N–H and O–H groups in total. The first-order valence-corrected chi connectivity index (χ1v) is 5.01. The Morgan fingerprint density at radius 1 is 1.73 bits per heavy atom. The predicted octanol–water partition coefficient (Wildman–Crippen LogP) is 0.343.